The molecule has 2 saturated carbocycles. The first-order valence-electron chi connectivity index (χ1n) is 8.70. The van der Waals surface area contributed by atoms with Gasteiger partial charge in [-0.25, -0.2) is 0 Å². The Hall–Kier alpha value is -1.06. The second-order valence-electron chi connectivity index (χ2n) is 7.35. The van der Waals surface area contributed by atoms with Crippen LogP contribution in [0.15, 0.2) is 0 Å². The van der Waals surface area contributed by atoms with Crippen molar-refractivity contribution in [1.82, 2.24) is 10.2 Å². The van der Waals surface area contributed by atoms with Crippen LogP contribution in [-0.4, -0.2) is 33.8 Å². The lowest BCUT2D eigenvalue weighted by molar-refractivity contribution is -0.167. The highest BCUT2D eigenvalue weighted by atomic mass is 16.2. The minimum absolute atomic E-state index is 0.106. The normalized spacial score (nSPS) is 33.5. The second-order valence-corrected chi connectivity index (χ2v) is 7.35. The van der Waals surface area contributed by atoms with Crippen molar-refractivity contribution >= 4 is 11.8 Å². The van der Waals surface area contributed by atoms with Crippen molar-refractivity contribution in [2.24, 2.45) is 0 Å². The zero-order valence-corrected chi connectivity index (χ0v) is 13.4. The molecule has 2 amide bonds. The van der Waals surface area contributed by atoms with Crippen LogP contribution < -0.4 is 5.32 Å². The number of nitrogens with one attached hydrogen (secondary N) is 1. The van der Waals surface area contributed by atoms with Crippen molar-refractivity contribution in [3.8, 4) is 0 Å². The molecule has 21 heavy (non-hydrogen) atoms. The Morgan fingerprint density at radius 1 is 1.10 bits per heavy atom. The highest BCUT2D eigenvalue weighted by Crippen LogP contribution is 2.43. The molecule has 4 heteroatoms. The molecule has 1 saturated heterocycles. The Kier molecular flexibility index (Phi) is 3.74. The zero-order chi connectivity index (χ0) is 15.1. The molecule has 1 unspecified atom stereocenters. The van der Waals surface area contributed by atoms with Crippen LogP contribution in [-0.2, 0) is 9.59 Å². The van der Waals surface area contributed by atoms with Crippen LogP contribution in [0.1, 0.15) is 78.1 Å². The summed E-state index contributed by atoms with van der Waals surface area (Å²) in [5, 5.41) is 3.06. The van der Waals surface area contributed by atoms with Crippen molar-refractivity contribution in [3.05, 3.63) is 0 Å². The van der Waals surface area contributed by atoms with E-state index in [-0.39, 0.29) is 17.9 Å². The van der Waals surface area contributed by atoms with Gasteiger partial charge in [0.1, 0.15) is 11.1 Å². The van der Waals surface area contributed by atoms with Crippen molar-refractivity contribution in [2.45, 2.75) is 95.2 Å². The summed E-state index contributed by atoms with van der Waals surface area (Å²) in [4.78, 5) is 28.1. The van der Waals surface area contributed by atoms with Crippen molar-refractivity contribution in [3.63, 3.8) is 0 Å². The first-order valence-corrected chi connectivity index (χ1v) is 8.70. The minimum atomic E-state index is -0.706. The molecule has 118 valence electrons. The first-order chi connectivity index (χ1) is 10.0. The third-order valence-electron chi connectivity index (χ3n) is 6.04. The van der Waals surface area contributed by atoms with E-state index in [2.05, 4.69) is 10.2 Å². The zero-order valence-electron chi connectivity index (χ0n) is 13.4. The summed E-state index contributed by atoms with van der Waals surface area (Å²) in [5.74, 6) is 0.271. The monoisotopic (exact) mass is 292 g/mol. The molecule has 1 atom stereocenters. The third kappa shape index (κ3) is 2.18. The molecule has 3 aliphatic rings. The van der Waals surface area contributed by atoms with Crippen LogP contribution in [0.2, 0.25) is 0 Å². The highest BCUT2D eigenvalue weighted by Gasteiger charge is 2.58. The Bertz CT molecular complexity index is 436. The topological polar surface area (TPSA) is 49.4 Å². The number of hydrogen-bond acceptors (Lipinski definition) is 2. The van der Waals surface area contributed by atoms with E-state index >= 15 is 0 Å². The minimum Gasteiger partial charge on any atom is -0.340 e. The van der Waals surface area contributed by atoms with Gasteiger partial charge in [0, 0.05) is 6.04 Å². The number of carbonyl (C=O) groups is 2. The van der Waals surface area contributed by atoms with Crippen LogP contribution in [0.25, 0.3) is 0 Å². The van der Waals surface area contributed by atoms with Crippen LogP contribution in [0.3, 0.4) is 0 Å². The molecule has 0 radical (unpaired) electrons. The van der Waals surface area contributed by atoms with Crippen molar-refractivity contribution in [1.29, 1.82) is 0 Å². The van der Waals surface area contributed by atoms with Gasteiger partial charge in [0.05, 0.1) is 0 Å². The second kappa shape index (κ2) is 5.29. The summed E-state index contributed by atoms with van der Waals surface area (Å²) in [6.07, 6.45) is 10.3. The van der Waals surface area contributed by atoms with Gasteiger partial charge >= 0.3 is 0 Å². The van der Waals surface area contributed by atoms with Gasteiger partial charge in [0.15, 0.2) is 0 Å². The Morgan fingerprint density at radius 3 is 2.29 bits per heavy atom. The molecule has 2 aliphatic carbocycles. The first kappa shape index (κ1) is 14.9. The number of piperazine rings is 1. The molecule has 3 rings (SSSR count). The van der Waals surface area contributed by atoms with Gasteiger partial charge in [-0.05, 0) is 39.0 Å². The third-order valence-corrected chi connectivity index (χ3v) is 6.04. The van der Waals surface area contributed by atoms with Crippen molar-refractivity contribution < 1.29 is 9.59 Å². The summed E-state index contributed by atoms with van der Waals surface area (Å²) in [7, 11) is 0. The molecule has 1 heterocycles. The van der Waals surface area contributed by atoms with Gasteiger partial charge in [0.2, 0.25) is 11.8 Å². The van der Waals surface area contributed by atoms with Crippen LogP contribution in [0.4, 0.5) is 0 Å². The molecule has 0 aromatic rings. The molecular formula is C17H28N2O2. The molecule has 1 spiro atoms. The number of hydrogen-bond donors (Lipinski definition) is 1. The predicted molar refractivity (Wildman–Crippen MR) is 81.8 cm³/mol. The summed E-state index contributed by atoms with van der Waals surface area (Å²) in [6, 6.07) is 0.279. The quantitative estimate of drug-likeness (QED) is 0.851. The summed E-state index contributed by atoms with van der Waals surface area (Å²) in [5.41, 5.74) is -1.24. The van der Waals surface area contributed by atoms with E-state index in [4.69, 9.17) is 0 Å². The molecule has 1 N–H and O–H groups in total. The van der Waals surface area contributed by atoms with E-state index in [1.807, 2.05) is 13.8 Å². The molecule has 3 fully saturated rings. The van der Waals surface area contributed by atoms with Gasteiger partial charge in [-0.2, -0.15) is 0 Å². The molecule has 1 aliphatic heterocycles. The Balaban J connectivity index is 1.99. The lowest BCUT2D eigenvalue weighted by Crippen LogP contribution is -2.76. The fourth-order valence-electron chi connectivity index (χ4n) is 4.51. The lowest BCUT2D eigenvalue weighted by atomic mass is 9.80. The largest absolute Gasteiger partial charge is 0.340 e. The molecule has 0 aromatic heterocycles. The lowest BCUT2D eigenvalue weighted by Gasteiger charge is -2.54. The van der Waals surface area contributed by atoms with E-state index in [9.17, 15) is 9.59 Å². The molecular weight excluding hydrogens is 264 g/mol. The SMILES string of the molecule is CCC1(C)NC(=O)C2(CCCC2)N(C2CCCCC2)C1=O. The number of amides is 2. The maximum atomic E-state index is 13.2. The molecule has 4 nitrogen and oxygen atoms in total. The van der Waals surface area contributed by atoms with E-state index in [1.54, 1.807) is 0 Å². The van der Waals surface area contributed by atoms with E-state index < -0.39 is 11.1 Å². The highest BCUT2D eigenvalue weighted by molar-refractivity contribution is 6.02. The van der Waals surface area contributed by atoms with Gasteiger partial charge < -0.3 is 10.2 Å². The average molecular weight is 292 g/mol. The predicted octanol–water partition coefficient (Wildman–Crippen LogP) is 2.76. The Labute approximate surface area is 127 Å². The van der Waals surface area contributed by atoms with Crippen LogP contribution in [0, 0.1) is 0 Å². The standard InChI is InChI=1S/C17H28N2O2/c1-3-16(2)15(21)19(13-9-5-4-6-10-13)17(14(20)18-16)11-7-8-12-17/h13H,3-12H2,1-2H3,(H,18,20). The van der Waals surface area contributed by atoms with E-state index in [1.165, 1.54) is 19.3 Å². The Morgan fingerprint density at radius 2 is 1.71 bits per heavy atom. The maximum absolute atomic E-state index is 13.2. The fourth-order valence-corrected chi connectivity index (χ4v) is 4.51. The molecule has 0 bridgehead atoms. The van der Waals surface area contributed by atoms with Gasteiger partial charge in [-0.3, -0.25) is 9.59 Å². The smallest absolute Gasteiger partial charge is 0.249 e. The van der Waals surface area contributed by atoms with Crippen molar-refractivity contribution in [2.75, 3.05) is 0 Å². The average Bonchev–Trinajstić information content (AvgIpc) is 2.97. The molecule has 0 aromatic carbocycles. The summed E-state index contributed by atoms with van der Waals surface area (Å²) >= 11 is 0. The maximum Gasteiger partial charge on any atom is 0.249 e. The summed E-state index contributed by atoms with van der Waals surface area (Å²) < 4.78 is 0. The van der Waals surface area contributed by atoms with Gasteiger partial charge in [-0.1, -0.05) is 39.0 Å². The fraction of sp³-hybridized carbons (Fsp3) is 0.882. The number of carbonyl (C=O) groups excluding carboxylic acids is 2. The van der Waals surface area contributed by atoms with Crippen LogP contribution in [0.5, 0.6) is 0 Å². The van der Waals surface area contributed by atoms with Gasteiger partial charge in [-0.15, -0.1) is 0 Å². The van der Waals surface area contributed by atoms with Crippen LogP contribution >= 0.6 is 0 Å². The van der Waals surface area contributed by atoms with Gasteiger partial charge in [0.25, 0.3) is 0 Å². The number of rotatable bonds is 2. The van der Waals surface area contributed by atoms with E-state index in [0.717, 1.165) is 38.5 Å². The summed E-state index contributed by atoms with van der Waals surface area (Å²) in [6.45, 7) is 3.88. The number of nitrogens with zero attached hydrogens (tertiary/aromatic N) is 1. The van der Waals surface area contributed by atoms with E-state index in [0.29, 0.717) is 6.42 Å².